The van der Waals surface area contributed by atoms with Crippen LogP contribution in [-0.2, 0) is 19.1 Å². The quantitative estimate of drug-likeness (QED) is 0.782. The first-order valence-corrected chi connectivity index (χ1v) is 6.61. The largest absolute Gasteiger partial charge is 0.468 e. The Morgan fingerprint density at radius 3 is 1.68 bits per heavy atom. The molecule has 1 fully saturated rings. The molecule has 110 valence electrons. The van der Waals surface area contributed by atoms with Crippen LogP contribution in [0.5, 0.6) is 0 Å². The summed E-state index contributed by atoms with van der Waals surface area (Å²) in [5, 5.41) is 11.5. The molecule has 0 bridgehead atoms. The first kappa shape index (κ1) is 15.9. The van der Waals surface area contributed by atoms with E-state index in [2.05, 4.69) is 0 Å². The minimum atomic E-state index is -1.17. The summed E-state index contributed by atoms with van der Waals surface area (Å²) in [7, 11) is 2.57. The van der Waals surface area contributed by atoms with Gasteiger partial charge in [-0.05, 0) is 32.1 Å². The van der Waals surface area contributed by atoms with Gasteiger partial charge in [-0.3, -0.25) is 0 Å². The Bertz CT molecular complexity index is 327. The molecule has 2 atom stereocenters. The van der Waals surface area contributed by atoms with E-state index in [9.17, 15) is 14.8 Å². The van der Waals surface area contributed by atoms with E-state index in [1.165, 1.54) is 14.2 Å². The van der Waals surface area contributed by atoms with Crippen molar-refractivity contribution in [3.63, 3.8) is 0 Å². The van der Waals surface area contributed by atoms with Crippen LogP contribution in [0.15, 0.2) is 0 Å². The van der Waals surface area contributed by atoms with Crippen LogP contribution in [0.3, 0.4) is 0 Å². The number of rotatable bonds is 4. The van der Waals surface area contributed by atoms with Gasteiger partial charge >= 0.3 is 11.9 Å². The smallest absolute Gasteiger partial charge is 0.328 e. The monoisotopic (exact) mass is 273 g/mol. The molecule has 0 saturated carbocycles. The number of hydrogen-bond donors (Lipinski definition) is 1. The highest BCUT2D eigenvalue weighted by Crippen LogP contribution is 2.42. The number of esters is 2. The van der Waals surface area contributed by atoms with Gasteiger partial charge in [-0.1, -0.05) is 13.8 Å². The maximum atomic E-state index is 12.1. The Hall–Kier alpha value is -1.14. The highest BCUT2D eigenvalue weighted by atomic mass is 16.6. The van der Waals surface area contributed by atoms with Crippen LogP contribution in [0.4, 0.5) is 0 Å². The van der Waals surface area contributed by atoms with E-state index < -0.39 is 23.0 Å². The average molecular weight is 273 g/mol. The molecule has 1 unspecified atom stereocenters. The molecular weight excluding hydrogens is 250 g/mol. The van der Waals surface area contributed by atoms with Crippen LogP contribution in [0, 0.1) is 0 Å². The van der Waals surface area contributed by atoms with Crippen molar-refractivity contribution in [2.24, 2.45) is 0 Å². The molecule has 19 heavy (non-hydrogen) atoms. The van der Waals surface area contributed by atoms with E-state index in [0.717, 1.165) is 5.06 Å². The normalized spacial score (nSPS) is 31.8. The molecule has 1 heterocycles. The molecule has 6 heteroatoms. The second-order valence-electron chi connectivity index (χ2n) is 4.92. The highest BCUT2D eigenvalue weighted by Gasteiger charge is 2.58. The number of hydrogen-bond acceptors (Lipinski definition) is 6. The van der Waals surface area contributed by atoms with E-state index in [1.54, 1.807) is 13.8 Å². The lowest BCUT2D eigenvalue weighted by atomic mass is 9.75. The van der Waals surface area contributed by atoms with Gasteiger partial charge in [0.2, 0.25) is 0 Å². The van der Waals surface area contributed by atoms with Gasteiger partial charge in [0.05, 0.1) is 14.2 Å². The third-order valence-electron chi connectivity index (χ3n) is 4.29. The van der Waals surface area contributed by atoms with Crippen molar-refractivity contribution in [1.29, 1.82) is 0 Å². The number of carbonyl (C=O) groups is 2. The fourth-order valence-electron chi connectivity index (χ4n) is 2.99. The van der Waals surface area contributed by atoms with Crippen LogP contribution < -0.4 is 0 Å². The summed E-state index contributed by atoms with van der Waals surface area (Å²) in [5.41, 5.74) is -2.34. The molecule has 0 aromatic carbocycles. The van der Waals surface area contributed by atoms with Crippen LogP contribution >= 0.6 is 0 Å². The molecule has 0 amide bonds. The Balaban J connectivity index is 3.25. The Morgan fingerprint density at radius 2 is 1.42 bits per heavy atom. The second kappa shape index (κ2) is 5.88. The molecule has 0 spiro atoms. The molecule has 1 saturated heterocycles. The fraction of sp³-hybridized carbons (Fsp3) is 0.846. The SMILES string of the molecule is CCC1(C(=O)OC)CCC[C@@](CC)(C(=O)OC)N1O. The van der Waals surface area contributed by atoms with E-state index in [4.69, 9.17) is 9.47 Å². The second-order valence-corrected chi connectivity index (χ2v) is 4.92. The number of hydroxylamine groups is 2. The molecule has 1 N–H and O–H groups in total. The van der Waals surface area contributed by atoms with E-state index in [-0.39, 0.29) is 0 Å². The first-order valence-electron chi connectivity index (χ1n) is 6.61. The van der Waals surface area contributed by atoms with Gasteiger partial charge in [0.1, 0.15) is 11.1 Å². The van der Waals surface area contributed by atoms with Crippen LogP contribution in [0.25, 0.3) is 0 Å². The summed E-state index contributed by atoms with van der Waals surface area (Å²) in [4.78, 5) is 24.1. The minimum Gasteiger partial charge on any atom is -0.468 e. The summed E-state index contributed by atoms with van der Waals surface area (Å²) >= 11 is 0. The number of piperidine rings is 1. The lowest BCUT2D eigenvalue weighted by Crippen LogP contribution is -2.68. The third kappa shape index (κ3) is 2.23. The summed E-state index contributed by atoms with van der Waals surface area (Å²) < 4.78 is 9.63. The van der Waals surface area contributed by atoms with Crippen molar-refractivity contribution in [3.05, 3.63) is 0 Å². The van der Waals surface area contributed by atoms with Crippen molar-refractivity contribution in [3.8, 4) is 0 Å². The van der Waals surface area contributed by atoms with Crippen LogP contribution in [0.2, 0.25) is 0 Å². The fourth-order valence-corrected chi connectivity index (χ4v) is 2.99. The summed E-state index contributed by atoms with van der Waals surface area (Å²) in [6, 6.07) is 0. The van der Waals surface area contributed by atoms with Gasteiger partial charge in [-0.2, -0.15) is 5.06 Å². The lowest BCUT2D eigenvalue weighted by Gasteiger charge is -2.50. The molecule has 0 aromatic rings. The molecule has 1 aliphatic rings. The van der Waals surface area contributed by atoms with Crippen molar-refractivity contribution in [1.82, 2.24) is 5.06 Å². The first-order chi connectivity index (χ1) is 8.95. The number of ether oxygens (including phenoxy) is 2. The van der Waals surface area contributed by atoms with Crippen molar-refractivity contribution in [2.75, 3.05) is 14.2 Å². The molecule has 0 radical (unpaired) electrons. The molecule has 0 aliphatic carbocycles. The van der Waals surface area contributed by atoms with Crippen molar-refractivity contribution in [2.45, 2.75) is 57.0 Å². The molecule has 0 aromatic heterocycles. The molecule has 1 rings (SSSR count). The zero-order chi connectivity index (χ0) is 14.7. The predicted octanol–water partition coefficient (Wildman–Crippen LogP) is 1.51. The van der Waals surface area contributed by atoms with Gasteiger partial charge < -0.3 is 14.7 Å². The molecular formula is C13H23NO5. The number of nitrogens with zero attached hydrogens (tertiary/aromatic N) is 1. The standard InChI is InChI=1S/C13H23NO5/c1-5-12(10(15)18-3)8-7-9-13(6-2,14(12)17)11(16)19-4/h17H,5-9H2,1-4H3/t12-,13?/m0/s1. The van der Waals surface area contributed by atoms with Gasteiger partial charge in [0, 0.05) is 0 Å². The average Bonchev–Trinajstić information content (AvgIpc) is 2.46. The minimum absolute atomic E-state index is 0.370. The van der Waals surface area contributed by atoms with Gasteiger partial charge in [0.15, 0.2) is 0 Å². The van der Waals surface area contributed by atoms with E-state index in [0.29, 0.717) is 32.1 Å². The lowest BCUT2D eigenvalue weighted by molar-refractivity contribution is -0.266. The molecule has 6 nitrogen and oxygen atoms in total. The van der Waals surface area contributed by atoms with E-state index >= 15 is 0 Å². The van der Waals surface area contributed by atoms with E-state index in [1.807, 2.05) is 0 Å². The topological polar surface area (TPSA) is 76.1 Å². The molecule has 1 aliphatic heterocycles. The van der Waals surface area contributed by atoms with Crippen molar-refractivity contribution >= 4 is 11.9 Å². The summed E-state index contributed by atoms with van der Waals surface area (Å²) in [6.07, 6.45) is 2.32. The van der Waals surface area contributed by atoms with Gasteiger partial charge in [-0.15, -0.1) is 0 Å². The maximum absolute atomic E-state index is 12.1. The summed E-state index contributed by atoms with van der Waals surface area (Å²) in [6.45, 7) is 3.59. The predicted molar refractivity (Wildman–Crippen MR) is 67.6 cm³/mol. The Morgan fingerprint density at radius 1 is 1.05 bits per heavy atom. The zero-order valence-corrected chi connectivity index (χ0v) is 12.1. The highest BCUT2D eigenvalue weighted by molar-refractivity contribution is 5.85. The maximum Gasteiger partial charge on any atom is 0.328 e. The van der Waals surface area contributed by atoms with Crippen LogP contribution in [0.1, 0.15) is 46.0 Å². The Kier molecular flexibility index (Phi) is 4.92. The van der Waals surface area contributed by atoms with Gasteiger partial charge in [0.25, 0.3) is 0 Å². The summed E-state index contributed by atoms with van der Waals surface area (Å²) in [5.74, 6) is -1.03. The number of carbonyl (C=O) groups excluding carboxylic acids is 2. The zero-order valence-electron chi connectivity index (χ0n) is 12.1. The number of methoxy groups -OCH3 is 2. The van der Waals surface area contributed by atoms with Crippen LogP contribution in [-0.4, -0.2) is 47.5 Å². The Labute approximate surface area is 113 Å². The third-order valence-corrected chi connectivity index (χ3v) is 4.29. The van der Waals surface area contributed by atoms with Gasteiger partial charge in [-0.25, -0.2) is 9.59 Å². The van der Waals surface area contributed by atoms with Crippen molar-refractivity contribution < 1.29 is 24.3 Å².